The zero-order chi connectivity index (χ0) is 24.3. The minimum Gasteiger partial charge on any atom is -0.423 e. The summed E-state index contributed by atoms with van der Waals surface area (Å²) >= 11 is 0. The van der Waals surface area contributed by atoms with Gasteiger partial charge in [0.1, 0.15) is 0 Å². The summed E-state index contributed by atoms with van der Waals surface area (Å²) in [7, 11) is 0. The topological polar surface area (TPSA) is 26.3 Å². The molecule has 2 nitrogen and oxygen atoms in total. The van der Waals surface area contributed by atoms with Crippen molar-refractivity contribution in [3.63, 3.8) is 0 Å². The molecular weight excluding hydrogens is 444 g/mol. The van der Waals surface area contributed by atoms with Gasteiger partial charge < -0.3 is 4.74 Å². The number of fused-ring (bicyclic) bond motifs is 1. The van der Waals surface area contributed by atoms with Crippen molar-refractivity contribution in [3.8, 4) is 5.75 Å². The molecule has 0 radical (unpaired) electrons. The van der Waals surface area contributed by atoms with Crippen molar-refractivity contribution in [2.24, 2.45) is 35.5 Å². The molecule has 3 saturated carbocycles. The van der Waals surface area contributed by atoms with Gasteiger partial charge in [0.05, 0.1) is 11.5 Å². The van der Waals surface area contributed by atoms with Gasteiger partial charge in [0, 0.05) is 0 Å². The van der Waals surface area contributed by atoms with Crippen LogP contribution in [0.15, 0.2) is 30.9 Å². The highest BCUT2D eigenvalue weighted by atomic mass is 19.4. The molecule has 0 saturated heterocycles. The lowest BCUT2D eigenvalue weighted by Gasteiger charge is -2.45. The van der Waals surface area contributed by atoms with E-state index in [1.807, 2.05) is 6.08 Å². The molecule has 3 aliphatic rings. The Bertz CT molecular complexity index is 856. The third-order valence-electron chi connectivity index (χ3n) is 8.78. The maximum atomic E-state index is 14.1. The predicted octanol–water partition coefficient (Wildman–Crippen LogP) is 8.36. The lowest BCUT2D eigenvalue weighted by molar-refractivity contribution is -0.140. The first-order chi connectivity index (χ1) is 16.2. The van der Waals surface area contributed by atoms with Crippen molar-refractivity contribution in [2.75, 3.05) is 0 Å². The summed E-state index contributed by atoms with van der Waals surface area (Å²) in [6, 6.07) is 2.01. The van der Waals surface area contributed by atoms with Crippen LogP contribution < -0.4 is 4.74 Å². The first-order valence-corrected chi connectivity index (χ1v) is 12.9. The number of halogens is 4. The Morgan fingerprint density at radius 3 is 2.21 bits per heavy atom. The van der Waals surface area contributed by atoms with Crippen LogP contribution in [-0.4, -0.2) is 5.97 Å². The average molecular weight is 481 g/mol. The van der Waals surface area contributed by atoms with Gasteiger partial charge in [-0.15, -0.1) is 6.58 Å². The van der Waals surface area contributed by atoms with Crippen molar-refractivity contribution < 1.29 is 27.1 Å². The highest BCUT2D eigenvalue weighted by Crippen LogP contribution is 2.49. The molecule has 188 valence electrons. The number of hydrogen-bond donors (Lipinski definition) is 0. The molecule has 1 aromatic rings. The largest absolute Gasteiger partial charge is 0.423 e. The van der Waals surface area contributed by atoms with Gasteiger partial charge in [-0.2, -0.15) is 13.2 Å². The smallest absolute Gasteiger partial charge is 0.416 e. The van der Waals surface area contributed by atoms with E-state index in [0.29, 0.717) is 24.8 Å². The lowest BCUT2D eigenvalue weighted by atomic mass is 9.60. The predicted molar refractivity (Wildman–Crippen MR) is 124 cm³/mol. The van der Waals surface area contributed by atoms with Crippen LogP contribution in [0.3, 0.4) is 0 Å². The number of ether oxygens (including phenoxy) is 1. The molecule has 0 N–H and O–H groups in total. The SMILES string of the molecule is C=CCCC1CCC2CC(C3CCC(C(=O)Oc4ccc(C(F)(F)F)cc4F)CC3)CCC2C1. The molecule has 3 aliphatic carbocycles. The number of allylic oxidation sites excluding steroid dienone is 1. The van der Waals surface area contributed by atoms with Crippen LogP contribution in [0, 0.1) is 41.3 Å². The monoisotopic (exact) mass is 480 g/mol. The van der Waals surface area contributed by atoms with E-state index in [4.69, 9.17) is 4.74 Å². The van der Waals surface area contributed by atoms with Gasteiger partial charge >= 0.3 is 12.1 Å². The fraction of sp³-hybridized carbons (Fsp3) is 0.679. The van der Waals surface area contributed by atoms with Crippen molar-refractivity contribution >= 4 is 5.97 Å². The van der Waals surface area contributed by atoms with Gasteiger partial charge in [-0.25, -0.2) is 4.39 Å². The summed E-state index contributed by atoms with van der Waals surface area (Å²) in [6.07, 6.45) is 11.2. The van der Waals surface area contributed by atoms with Gasteiger partial charge in [0.2, 0.25) is 0 Å². The number of benzene rings is 1. The van der Waals surface area contributed by atoms with E-state index < -0.39 is 29.3 Å². The van der Waals surface area contributed by atoms with Crippen LogP contribution in [-0.2, 0) is 11.0 Å². The minimum absolute atomic E-state index is 0.311. The second-order valence-electron chi connectivity index (χ2n) is 10.8. The molecular formula is C28H36F4O2. The standard InChI is InChI=1S/C28H36F4O2/c1-2-3-4-18-5-6-23-16-22(12-11-21(23)15-18)19-7-9-20(10-8-19)27(33)34-26-14-13-24(17-25(26)29)28(30,31)32/h2,13-14,17-23H,1,3-12,15-16H2. The van der Waals surface area contributed by atoms with Crippen LogP contribution in [0.25, 0.3) is 0 Å². The second kappa shape index (κ2) is 10.8. The van der Waals surface area contributed by atoms with Crippen molar-refractivity contribution in [2.45, 2.75) is 83.2 Å². The molecule has 0 aromatic heterocycles. The molecule has 34 heavy (non-hydrogen) atoms. The molecule has 1 aromatic carbocycles. The Labute approximate surface area is 200 Å². The van der Waals surface area contributed by atoms with Crippen LogP contribution >= 0.6 is 0 Å². The third-order valence-corrected chi connectivity index (χ3v) is 8.78. The Balaban J connectivity index is 1.24. The van der Waals surface area contributed by atoms with E-state index in [2.05, 4.69) is 6.58 Å². The highest BCUT2D eigenvalue weighted by molar-refractivity contribution is 5.75. The first-order valence-electron chi connectivity index (χ1n) is 12.9. The summed E-state index contributed by atoms with van der Waals surface area (Å²) < 4.78 is 57.4. The summed E-state index contributed by atoms with van der Waals surface area (Å²) in [5.41, 5.74) is -1.09. The molecule has 0 heterocycles. The third kappa shape index (κ3) is 6.04. The highest BCUT2D eigenvalue weighted by Gasteiger charge is 2.39. The quantitative estimate of drug-likeness (QED) is 0.177. The summed E-state index contributed by atoms with van der Waals surface area (Å²) in [4.78, 5) is 12.6. The van der Waals surface area contributed by atoms with E-state index in [-0.39, 0.29) is 5.92 Å². The van der Waals surface area contributed by atoms with E-state index in [1.165, 1.54) is 44.9 Å². The Kier molecular flexibility index (Phi) is 8.04. The molecule has 3 fully saturated rings. The molecule has 0 spiro atoms. The Hall–Kier alpha value is -1.85. The van der Waals surface area contributed by atoms with E-state index in [1.54, 1.807) is 0 Å². The number of carbonyl (C=O) groups excluding carboxylic acids is 1. The normalized spacial score (nSPS) is 32.0. The number of hydrogen-bond acceptors (Lipinski definition) is 2. The van der Waals surface area contributed by atoms with Crippen molar-refractivity contribution in [3.05, 3.63) is 42.2 Å². The minimum atomic E-state index is -4.63. The van der Waals surface area contributed by atoms with Gasteiger partial charge in [0.25, 0.3) is 0 Å². The first kappa shape index (κ1) is 25.2. The van der Waals surface area contributed by atoms with Gasteiger partial charge in [-0.3, -0.25) is 4.79 Å². The van der Waals surface area contributed by atoms with E-state index >= 15 is 0 Å². The van der Waals surface area contributed by atoms with Crippen molar-refractivity contribution in [1.82, 2.24) is 0 Å². The Morgan fingerprint density at radius 1 is 0.941 bits per heavy atom. The zero-order valence-electron chi connectivity index (χ0n) is 19.8. The molecule has 0 amide bonds. The van der Waals surface area contributed by atoms with Crippen LogP contribution in [0.5, 0.6) is 5.75 Å². The van der Waals surface area contributed by atoms with Crippen LogP contribution in [0.1, 0.15) is 82.6 Å². The number of esters is 1. The van der Waals surface area contributed by atoms with Gasteiger partial charge in [0.15, 0.2) is 11.6 Å². The van der Waals surface area contributed by atoms with E-state index in [0.717, 1.165) is 55.1 Å². The number of carbonyl (C=O) groups is 1. The van der Waals surface area contributed by atoms with Gasteiger partial charge in [-0.05, 0) is 118 Å². The number of rotatable bonds is 6. The summed E-state index contributed by atoms with van der Waals surface area (Å²) in [5.74, 6) is 1.53. The Morgan fingerprint density at radius 2 is 1.56 bits per heavy atom. The molecule has 0 bridgehead atoms. The molecule has 4 atom stereocenters. The van der Waals surface area contributed by atoms with Gasteiger partial charge in [-0.1, -0.05) is 12.5 Å². The average Bonchev–Trinajstić information content (AvgIpc) is 2.83. The molecule has 4 unspecified atom stereocenters. The zero-order valence-corrected chi connectivity index (χ0v) is 19.8. The summed E-state index contributed by atoms with van der Waals surface area (Å²) in [5, 5.41) is 0. The maximum Gasteiger partial charge on any atom is 0.416 e. The van der Waals surface area contributed by atoms with Crippen LogP contribution in [0.2, 0.25) is 0 Å². The fourth-order valence-corrected chi connectivity index (χ4v) is 6.84. The van der Waals surface area contributed by atoms with Crippen molar-refractivity contribution in [1.29, 1.82) is 0 Å². The fourth-order valence-electron chi connectivity index (χ4n) is 6.84. The van der Waals surface area contributed by atoms with E-state index in [9.17, 15) is 22.4 Å². The summed E-state index contributed by atoms with van der Waals surface area (Å²) in [6.45, 7) is 3.86. The second-order valence-corrected chi connectivity index (χ2v) is 10.8. The molecule has 4 rings (SSSR count). The lowest BCUT2D eigenvalue weighted by Crippen LogP contribution is -2.35. The maximum absolute atomic E-state index is 14.1. The molecule has 6 heteroatoms. The molecule has 0 aliphatic heterocycles. The number of alkyl halides is 3. The van der Waals surface area contributed by atoms with Crippen LogP contribution in [0.4, 0.5) is 17.6 Å².